The van der Waals surface area contributed by atoms with Crippen molar-refractivity contribution in [2.45, 2.75) is 32.3 Å². The predicted molar refractivity (Wildman–Crippen MR) is 91.5 cm³/mol. The standard InChI is InChI=1S/C18H21F3N4O/c1-13-11-25(7-8-26-13)12-15-4-2-3-14(9-15)10-23-17-22-6-5-16(24-17)18(19,20)21/h2-6,9,13H,7-8,10-12H2,1H3,(H,22,23,24). The minimum Gasteiger partial charge on any atom is -0.376 e. The number of anilines is 1. The Bertz CT molecular complexity index is 738. The second-order valence-corrected chi connectivity index (χ2v) is 6.35. The van der Waals surface area contributed by atoms with Crippen molar-refractivity contribution in [3.8, 4) is 0 Å². The van der Waals surface area contributed by atoms with Crippen molar-refractivity contribution in [3.05, 3.63) is 53.3 Å². The van der Waals surface area contributed by atoms with E-state index in [-0.39, 0.29) is 12.1 Å². The van der Waals surface area contributed by atoms with Crippen molar-refractivity contribution >= 4 is 5.95 Å². The van der Waals surface area contributed by atoms with Gasteiger partial charge in [0.25, 0.3) is 0 Å². The number of hydrogen-bond donors (Lipinski definition) is 1. The highest BCUT2D eigenvalue weighted by Gasteiger charge is 2.32. The van der Waals surface area contributed by atoms with Crippen LogP contribution in [0.4, 0.5) is 19.1 Å². The van der Waals surface area contributed by atoms with E-state index in [9.17, 15) is 13.2 Å². The fraction of sp³-hybridized carbons (Fsp3) is 0.444. The Kier molecular flexibility index (Phi) is 5.73. The fourth-order valence-electron chi connectivity index (χ4n) is 2.91. The maximum absolute atomic E-state index is 12.7. The number of benzene rings is 1. The van der Waals surface area contributed by atoms with Crippen LogP contribution in [0.15, 0.2) is 36.5 Å². The Morgan fingerprint density at radius 1 is 1.27 bits per heavy atom. The third-order valence-electron chi connectivity index (χ3n) is 4.12. The van der Waals surface area contributed by atoms with Crippen LogP contribution in [-0.4, -0.2) is 40.7 Å². The molecule has 0 bridgehead atoms. The largest absolute Gasteiger partial charge is 0.433 e. The molecule has 1 atom stereocenters. The summed E-state index contributed by atoms with van der Waals surface area (Å²) in [6, 6.07) is 8.82. The van der Waals surface area contributed by atoms with Crippen LogP contribution >= 0.6 is 0 Å². The molecule has 8 heteroatoms. The van der Waals surface area contributed by atoms with E-state index >= 15 is 0 Å². The molecule has 26 heavy (non-hydrogen) atoms. The molecule has 1 unspecified atom stereocenters. The summed E-state index contributed by atoms with van der Waals surface area (Å²) in [4.78, 5) is 9.69. The molecule has 1 aliphatic rings. The number of morpholine rings is 1. The van der Waals surface area contributed by atoms with E-state index in [2.05, 4.69) is 27.1 Å². The van der Waals surface area contributed by atoms with Gasteiger partial charge in [-0.3, -0.25) is 4.90 Å². The van der Waals surface area contributed by atoms with E-state index in [0.29, 0.717) is 6.54 Å². The number of nitrogens with zero attached hydrogens (tertiary/aromatic N) is 3. The first-order chi connectivity index (χ1) is 12.4. The van der Waals surface area contributed by atoms with E-state index in [4.69, 9.17) is 4.74 Å². The van der Waals surface area contributed by atoms with Crippen LogP contribution in [0.25, 0.3) is 0 Å². The van der Waals surface area contributed by atoms with Gasteiger partial charge in [0.1, 0.15) is 5.69 Å². The van der Waals surface area contributed by atoms with Crippen LogP contribution in [0, 0.1) is 0 Å². The lowest BCUT2D eigenvalue weighted by Crippen LogP contribution is -2.40. The minimum absolute atomic E-state index is 0.0350. The third kappa shape index (κ3) is 5.15. The van der Waals surface area contributed by atoms with Crippen LogP contribution in [-0.2, 0) is 24.0 Å². The number of hydrogen-bond acceptors (Lipinski definition) is 5. The second-order valence-electron chi connectivity index (χ2n) is 6.35. The van der Waals surface area contributed by atoms with Crippen molar-refractivity contribution in [3.63, 3.8) is 0 Å². The number of rotatable bonds is 5. The fourth-order valence-corrected chi connectivity index (χ4v) is 2.91. The Hall–Kier alpha value is -2.19. The molecule has 0 amide bonds. The Labute approximate surface area is 150 Å². The van der Waals surface area contributed by atoms with Gasteiger partial charge in [0, 0.05) is 32.4 Å². The molecular weight excluding hydrogens is 345 g/mol. The van der Waals surface area contributed by atoms with E-state index in [1.54, 1.807) is 0 Å². The van der Waals surface area contributed by atoms with Gasteiger partial charge in [-0.05, 0) is 24.1 Å². The second kappa shape index (κ2) is 8.01. The first-order valence-corrected chi connectivity index (χ1v) is 8.46. The summed E-state index contributed by atoms with van der Waals surface area (Å²) < 4.78 is 43.7. The van der Waals surface area contributed by atoms with Crippen molar-refractivity contribution < 1.29 is 17.9 Å². The molecule has 5 nitrogen and oxygen atoms in total. The van der Waals surface area contributed by atoms with Crippen LogP contribution in [0.3, 0.4) is 0 Å². The van der Waals surface area contributed by atoms with E-state index < -0.39 is 11.9 Å². The lowest BCUT2D eigenvalue weighted by atomic mass is 10.1. The zero-order valence-corrected chi connectivity index (χ0v) is 14.5. The zero-order chi connectivity index (χ0) is 18.6. The summed E-state index contributed by atoms with van der Waals surface area (Å²) in [5.41, 5.74) is 1.17. The zero-order valence-electron chi connectivity index (χ0n) is 14.5. The molecule has 1 N–H and O–H groups in total. The number of nitrogens with one attached hydrogen (secondary N) is 1. The molecular formula is C18H21F3N4O. The van der Waals surface area contributed by atoms with E-state index in [1.807, 2.05) is 24.3 Å². The summed E-state index contributed by atoms with van der Waals surface area (Å²) in [7, 11) is 0. The molecule has 0 aliphatic carbocycles. The molecule has 0 spiro atoms. The maximum atomic E-state index is 12.7. The van der Waals surface area contributed by atoms with Gasteiger partial charge in [0.2, 0.25) is 5.95 Å². The average molecular weight is 366 g/mol. The lowest BCUT2D eigenvalue weighted by molar-refractivity contribution is -0.141. The van der Waals surface area contributed by atoms with Crippen molar-refractivity contribution in [2.24, 2.45) is 0 Å². The Balaban J connectivity index is 1.60. The van der Waals surface area contributed by atoms with Gasteiger partial charge in [-0.2, -0.15) is 13.2 Å². The Morgan fingerprint density at radius 2 is 2.08 bits per heavy atom. The molecule has 2 heterocycles. The first-order valence-electron chi connectivity index (χ1n) is 8.46. The molecule has 1 aromatic carbocycles. The van der Waals surface area contributed by atoms with Crippen LogP contribution < -0.4 is 5.32 Å². The lowest BCUT2D eigenvalue weighted by Gasteiger charge is -2.31. The van der Waals surface area contributed by atoms with Gasteiger partial charge < -0.3 is 10.1 Å². The smallest absolute Gasteiger partial charge is 0.376 e. The van der Waals surface area contributed by atoms with Crippen LogP contribution in [0.2, 0.25) is 0 Å². The molecule has 0 radical (unpaired) electrons. The van der Waals surface area contributed by atoms with Gasteiger partial charge >= 0.3 is 6.18 Å². The van der Waals surface area contributed by atoms with Crippen molar-refractivity contribution in [1.82, 2.24) is 14.9 Å². The molecule has 2 aromatic rings. The van der Waals surface area contributed by atoms with Crippen molar-refractivity contribution in [2.75, 3.05) is 25.0 Å². The highest BCUT2D eigenvalue weighted by molar-refractivity contribution is 5.30. The monoisotopic (exact) mass is 366 g/mol. The first kappa shape index (κ1) is 18.6. The summed E-state index contributed by atoms with van der Waals surface area (Å²) in [5, 5.41) is 2.86. The molecule has 1 aromatic heterocycles. The molecule has 1 saturated heterocycles. The van der Waals surface area contributed by atoms with E-state index in [1.165, 1.54) is 0 Å². The predicted octanol–water partition coefficient (Wildman–Crippen LogP) is 3.33. The highest BCUT2D eigenvalue weighted by Crippen LogP contribution is 2.27. The van der Waals surface area contributed by atoms with Gasteiger partial charge in [0.15, 0.2) is 0 Å². The summed E-state index contributed by atoms with van der Waals surface area (Å²) in [6.45, 7) is 5.75. The number of aromatic nitrogens is 2. The van der Waals surface area contributed by atoms with Gasteiger partial charge in [-0.1, -0.05) is 24.3 Å². The minimum atomic E-state index is -4.48. The van der Waals surface area contributed by atoms with Gasteiger partial charge in [-0.15, -0.1) is 0 Å². The maximum Gasteiger partial charge on any atom is 0.433 e. The molecule has 3 rings (SSSR count). The third-order valence-corrected chi connectivity index (χ3v) is 4.12. The Morgan fingerprint density at radius 3 is 2.85 bits per heavy atom. The van der Waals surface area contributed by atoms with E-state index in [0.717, 1.165) is 49.6 Å². The summed E-state index contributed by atoms with van der Waals surface area (Å²) in [5.74, 6) is -0.0350. The van der Waals surface area contributed by atoms with Crippen molar-refractivity contribution in [1.29, 1.82) is 0 Å². The van der Waals surface area contributed by atoms with Crippen LogP contribution in [0.1, 0.15) is 23.7 Å². The number of ether oxygens (including phenoxy) is 1. The SMILES string of the molecule is CC1CN(Cc2cccc(CNc3nccc(C(F)(F)F)n3)c2)CCO1. The number of halogens is 3. The molecule has 140 valence electrons. The summed E-state index contributed by atoms with van der Waals surface area (Å²) in [6.07, 6.45) is -3.14. The quantitative estimate of drug-likeness (QED) is 0.880. The molecule has 1 aliphatic heterocycles. The molecule has 0 saturated carbocycles. The van der Waals surface area contributed by atoms with Gasteiger partial charge in [0.05, 0.1) is 12.7 Å². The normalized spacial score (nSPS) is 18.7. The molecule has 1 fully saturated rings. The topological polar surface area (TPSA) is 50.3 Å². The summed E-state index contributed by atoms with van der Waals surface area (Å²) >= 11 is 0. The van der Waals surface area contributed by atoms with Crippen LogP contribution in [0.5, 0.6) is 0 Å². The number of alkyl halides is 3. The average Bonchev–Trinajstić information content (AvgIpc) is 2.60. The van der Waals surface area contributed by atoms with Gasteiger partial charge in [-0.25, -0.2) is 9.97 Å². The highest BCUT2D eigenvalue weighted by atomic mass is 19.4.